The molecule has 0 spiro atoms. The average Bonchev–Trinajstić information content (AvgIpc) is 3.06. The van der Waals surface area contributed by atoms with Gasteiger partial charge in [-0.05, 0) is 35.6 Å². The van der Waals surface area contributed by atoms with E-state index in [1.54, 1.807) is 42.5 Å². The van der Waals surface area contributed by atoms with Crippen LogP contribution in [0.2, 0.25) is 0 Å². The van der Waals surface area contributed by atoms with Crippen LogP contribution in [0.1, 0.15) is 16.9 Å². The number of benzene rings is 2. The molecule has 1 aliphatic heterocycles. The number of carbonyl (C=O) groups is 3. The van der Waals surface area contributed by atoms with Gasteiger partial charge in [0.2, 0.25) is 15.9 Å². The predicted octanol–water partition coefficient (Wildman–Crippen LogP) is 1.64. The van der Waals surface area contributed by atoms with Gasteiger partial charge in [-0.1, -0.05) is 48.5 Å². The fraction of sp³-hybridized carbons (Fsp3) is 0.231. The summed E-state index contributed by atoms with van der Waals surface area (Å²) in [6, 6.07) is 16.0. The second-order valence-electron chi connectivity index (χ2n) is 8.41. The molecule has 10 nitrogen and oxygen atoms in total. The van der Waals surface area contributed by atoms with E-state index in [0.717, 1.165) is 5.39 Å². The van der Waals surface area contributed by atoms with Crippen LogP contribution in [-0.2, 0) is 24.3 Å². The molecule has 1 atom stereocenters. The number of esters is 1. The third kappa shape index (κ3) is 6.19. The highest BCUT2D eigenvalue weighted by Crippen LogP contribution is 2.18. The number of nitrogens with one attached hydrogen (secondary N) is 2. The number of hydrogen-bond acceptors (Lipinski definition) is 7. The Morgan fingerprint density at radius 3 is 2.57 bits per heavy atom. The Morgan fingerprint density at radius 2 is 1.81 bits per heavy atom. The molecule has 0 bridgehead atoms. The first-order valence-corrected chi connectivity index (χ1v) is 13.0. The quantitative estimate of drug-likeness (QED) is 0.339. The monoisotopic (exact) mass is 522 g/mol. The number of aromatic nitrogens is 1. The Hall–Kier alpha value is -4.09. The van der Waals surface area contributed by atoms with E-state index < -0.39 is 33.8 Å². The van der Waals surface area contributed by atoms with Gasteiger partial charge in [0.05, 0.1) is 12.0 Å². The molecule has 0 unspecified atom stereocenters. The standard InChI is InChI=1S/C26H26N4O6S/c1-36-23(31)17-30-16-18(15-28-37(34,35)20-8-3-2-4-9-20)11-12-22(26(30)33)29-25(32)24-21-10-6-5-7-19(21)13-14-27-24/h2-11,13-14,22,28H,12,15-17H2,1H3,(H,29,32)/t22-/m0/s1. The third-order valence-electron chi connectivity index (χ3n) is 5.93. The van der Waals surface area contributed by atoms with E-state index in [0.29, 0.717) is 11.0 Å². The molecule has 0 saturated heterocycles. The molecule has 0 saturated carbocycles. The van der Waals surface area contributed by atoms with Gasteiger partial charge in [-0.3, -0.25) is 19.4 Å². The SMILES string of the molecule is COC(=O)CN1CC(CNS(=O)(=O)c2ccccc2)=CC[C@H](NC(=O)c2nccc3ccccc23)C1=O. The Labute approximate surface area is 214 Å². The smallest absolute Gasteiger partial charge is 0.325 e. The number of rotatable bonds is 8. The number of sulfonamides is 1. The van der Waals surface area contributed by atoms with Gasteiger partial charge < -0.3 is 15.0 Å². The minimum atomic E-state index is -3.78. The van der Waals surface area contributed by atoms with Gasteiger partial charge in [0.1, 0.15) is 18.3 Å². The normalized spacial score (nSPS) is 16.1. The zero-order chi connectivity index (χ0) is 26.4. The molecule has 192 valence electrons. The Kier molecular flexibility index (Phi) is 7.95. The number of fused-ring (bicyclic) bond motifs is 1. The van der Waals surface area contributed by atoms with Crippen molar-refractivity contribution in [1.29, 1.82) is 0 Å². The largest absolute Gasteiger partial charge is 0.468 e. The van der Waals surface area contributed by atoms with Crippen molar-refractivity contribution in [3.05, 3.63) is 84.2 Å². The average molecular weight is 523 g/mol. The molecule has 0 aliphatic carbocycles. The van der Waals surface area contributed by atoms with Gasteiger partial charge in [-0.25, -0.2) is 13.1 Å². The summed E-state index contributed by atoms with van der Waals surface area (Å²) in [5.41, 5.74) is 0.742. The van der Waals surface area contributed by atoms with Crippen molar-refractivity contribution >= 4 is 38.6 Å². The second kappa shape index (κ2) is 11.3. The van der Waals surface area contributed by atoms with E-state index in [2.05, 4.69) is 15.0 Å². The van der Waals surface area contributed by atoms with Crippen molar-refractivity contribution in [2.45, 2.75) is 17.4 Å². The molecular weight excluding hydrogens is 496 g/mol. The number of methoxy groups -OCH3 is 1. The number of nitrogens with zero attached hydrogens (tertiary/aromatic N) is 2. The summed E-state index contributed by atoms with van der Waals surface area (Å²) in [6.07, 6.45) is 3.33. The first-order chi connectivity index (χ1) is 17.8. The van der Waals surface area contributed by atoms with Crippen LogP contribution in [0.3, 0.4) is 0 Å². The maximum absolute atomic E-state index is 13.3. The summed E-state index contributed by atoms with van der Waals surface area (Å²) in [5.74, 6) is -1.66. The van der Waals surface area contributed by atoms with Crippen molar-refractivity contribution in [2.24, 2.45) is 0 Å². The summed E-state index contributed by atoms with van der Waals surface area (Å²) >= 11 is 0. The first-order valence-electron chi connectivity index (χ1n) is 11.5. The van der Waals surface area contributed by atoms with E-state index in [1.807, 2.05) is 12.1 Å². The van der Waals surface area contributed by atoms with Gasteiger partial charge in [0.15, 0.2) is 0 Å². The predicted molar refractivity (Wildman–Crippen MR) is 136 cm³/mol. The number of hydrogen-bond donors (Lipinski definition) is 2. The van der Waals surface area contributed by atoms with Gasteiger partial charge in [-0.2, -0.15) is 0 Å². The third-order valence-corrected chi connectivity index (χ3v) is 7.35. The lowest BCUT2D eigenvalue weighted by molar-refractivity contribution is -0.147. The van der Waals surface area contributed by atoms with Crippen molar-refractivity contribution in [1.82, 2.24) is 19.9 Å². The zero-order valence-corrected chi connectivity index (χ0v) is 20.9. The molecule has 0 fully saturated rings. The zero-order valence-electron chi connectivity index (χ0n) is 20.1. The van der Waals surface area contributed by atoms with Crippen molar-refractivity contribution < 1.29 is 27.5 Å². The molecule has 2 N–H and O–H groups in total. The van der Waals surface area contributed by atoms with Gasteiger partial charge in [0.25, 0.3) is 5.91 Å². The van der Waals surface area contributed by atoms with Crippen molar-refractivity contribution in [3.63, 3.8) is 0 Å². The highest BCUT2D eigenvalue weighted by molar-refractivity contribution is 7.89. The summed E-state index contributed by atoms with van der Waals surface area (Å²) in [4.78, 5) is 44.0. The topological polar surface area (TPSA) is 135 Å². The van der Waals surface area contributed by atoms with E-state index in [1.165, 1.54) is 30.3 Å². The van der Waals surface area contributed by atoms with Gasteiger partial charge in [0, 0.05) is 24.7 Å². The second-order valence-corrected chi connectivity index (χ2v) is 10.2. The fourth-order valence-electron chi connectivity index (χ4n) is 3.99. The van der Waals surface area contributed by atoms with Crippen LogP contribution in [0, 0.1) is 0 Å². The lowest BCUT2D eigenvalue weighted by atomic mass is 10.1. The Balaban J connectivity index is 1.55. The lowest BCUT2D eigenvalue weighted by Gasteiger charge is -2.25. The van der Waals surface area contributed by atoms with Crippen molar-refractivity contribution in [2.75, 3.05) is 26.7 Å². The Bertz CT molecular complexity index is 1450. The molecule has 4 rings (SSSR count). The number of pyridine rings is 1. The number of carbonyl (C=O) groups excluding carboxylic acids is 3. The molecule has 2 heterocycles. The summed E-state index contributed by atoms with van der Waals surface area (Å²) in [5, 5.41) is 4.20. The van der Waals surface area contributed by atoms with Crippen molar-refractivity contribution in [3.8, 4) is 0 Å². The molecule has 0 radical (unpaired) electrons. The molecule has 11 heteroatoms. The van der Waals surface area contributed by atoms with Gasteiger partial charge in [-0.15, -0.1) is 0 Å². The molecule has 1 aromatic heterocycles. The van der Waals surface area contributed by atoms with Crippen LogP contribution in [0.25, 0.3) is 10.8 Å². The minimum Gasteiger partial charge on any atom is -0.468 e. The van der Waals surface area contributed by atoms with E-state index in [4.69, 9.17) is 4.74 Å². The maximum atomic E-state index is 13.3. The molecule has 3 aromatic rings. The number of amides is 2. The van der Waals surface area contributed by atoms with Crippen LogP contribution in [0.15, 0.2) is 83.4 Å². The van der Waals surface area contributed by atoms with E-state index >= 15 is 0 Å². The summed E-state index contributed by atoms with van der Waals surface area (Å²) in [6.45, 7) is -0.436. The Morgan fingerprint density at radius 1 is 1.08 bits per heavy atom. The van der Waals surface area contributed by atoms with Crippen LogP contribution in [0.4, 0.5) is 0 Å². The molecule has 2 amide bonds. The highest BCUT2D eigenvalue weighted by atomic mass is 32.2. The van der Waals surface area contributed by atoms with E-state index in [9.17, 15) is 22.8 Å². The first kappa shape index (κ1) is 26.0. The molecule has 37 heavy (non-hydrogen) atoms. The molecule has 2 aromatic carbocycles. The summed E-state index contributed by atoms with van der Waals surface area (Å²) in [7, 11) is -2.57. The lowest BCUT2D eigenvalue weighted by Crippen LogP contribution is -2.49. The van der Waals surface area contributed by atoms with Crippen LogP contribution >= 0.6 is 0 Å². The highest BCUT2D eigenvalue weighted by Gasteiger charge is 2.31. The number of ether oxygens (including phenoxy) is 1. The van der Waals surface area contributed by atoms with Crippen LogP contribution in [0.5, 0.6) is 0 Å². The van der Waals surface area contributed by atoms with Gasteiger partial charge >= 0.3 is 5.97 Å². The minimum absolute atomic E-state index is 0.00979. The van der Waals surface area contributed by atoms with Crippen LogP contribution in [-0.4, -0.2) is 68.9 Å². The molecule has 1 aliphatic rings. The maximum Gasteiger partial charge on any atom is 0.325 e. The van der Waals surface area contributed by atoms with Crippen LogP contribution < -0.4 is 10.0 Å². The molecular formula is C26H26N4O6S. The van der Waals surface area contributed by atoms with E-state index in [-0.39, 0.29) is 36.6 Å². The summed E-state index contributed by atoms with van der Waals surface area (Å²) < 4.78 is 32.5. The fourth-order valence-corrected chi connectivity index (χ4v) is 5.05.